The molecule has 1 atom stereocenters. The van der Waals surface area contributed by atoms with E-state index in [0.29, 0.717) is 18.4 Å². The van der Waals surface area contributed by atoms with E-state index < -0.39 is 0 Å². The highest BCUT2D eigenvalue weighted by molar-refractivity contribution is 5.28. The van der Waals surface area contributed by atoms with Crippen molar-refractivity contribution in [3.8, 4) is 0 Å². The molecule has 84 valence electrons. The maximum Gasteiger partial charge on any atom is 0.266 e. The summed E-state index contributed by atoms with van der Waals surface area (Å²) in [5, 5.41) is 3.94. The normalized spacial score (nSPS) is 19.2. The fraction of sp³-hybridized carbons (Fsp3) is 0.778. The topological polar surface area (TPSA) is 77.4 Å². The second-order valence-corrected chi connectivity index (χ2v) is 3.67. The van der Waals surface area contributed by atoms with E-state index in [0.717, 1.165) is 26.3 Å². The van der Waals surface area contributed by atoms with Crippen molar-refractivity contribution in [1.82, 2.24) is 10.1 Å². The molecule has 6 heteroatoms. The number of hydrogen-bond acceptors (Lipinski definition) is 6. The van der Waals surface area contributed by atoms with Gasteiger partial charge in [-0.3, -0.25) is 0 Å². The lowest BCUT2D eigenvalue weighted by Gasteiger charge is -2.24. The first-order valence-electron chi connectivity index (χ1n) is 5.17. The maximum absolute atomic E-state index is 5.53. The number of nitrogens with two attached hydrogens (primary N) is 1. The van der Waals surface area contributed by atoms with Gasteiger partial charge in [0.1, 0.15) is 0 Å². The molecule has 0 aliphatic carbocycles. The summed E-state index contributed by atoms with van der Waals surface area (Å²) < 4.78 is 10.4. The Hall–Kier alpha value is -1.14. The Morgan fingerprint density at radius 3 is 2.87 bits per heavy atom. The Labute approximate surface area is 88.4 Å². The van der Waals surface area contributed by atoms with Crippen LogP contribution in [0.25, 0.3) is 0 Å². The Morgan fingerprint density at radius 2 is 2.20 bits per heavy atom. The van der Waals surface area contributed by atoms with Gasteiger partial charge < -0.3 is 19.9 Å². The monoisotopic (exact) mass is 212 g/mol. The average molecular weight is 212 g/mol. The molecule has 1 unspecified atom stereocenters. The molecule has 2 heterocycles. The van der Waals surface area contributed by atoms with Gasteiger partial charge >= 0.3 is 0 Å². The van der Waals surface area contributed by atoms with Crippen LogP contribution in [0.3, 0.4) is 0 Å². The Bertz CT molecular complexity index is 309. The van der Waals surface area contributed by atoms with Gasteiger partial charge in [-0.2, -0.15) is 4.98 Å². The van der Waals surface area contributed by atoms with Crippen molar-refractivity contribution in [3.63, 3.8) is 0 Å². The van der Waals surface area contributed by atoms with E-state index in [4.69, 9.17) is 15.0 Å². The van der Waals surface area contributed by atoms with Crippen LogP contribution in [0.15, 0.2) is 4.52 Å². The lowest BCUT2D eigenvalue weighted by Crippen LogP contribution is -2.36. The zero-order valence-electron chi connectivity index (χ0n) is 8.85. The molecule has 0 saturated carbocycles. The van der Waals surface area contributed by atoms with Crippen LogP contribution in [0.2, 0.25) is 0 Å². The largest absolute Gasteiger partial charge is 0.378 e. The molecule has 1 aromatic heterocycles. The first-order valence-corrected chi connectivity index (χ1v) is 5.17. The van der Waals surface area contributed by atoms with Crippen LogP contribution in [0.1, 0.15) is 18.7 Å². The fourth-order valence-corrected chi connectivity index (χ4v) is 1.42. The molecule has 0 bridgehead atoms. The zero-order valence-corrected chi connectivity index (χ0v) is 8.85. The molecule has 1 aliphatic rings. The van der Waals surface area contributed by atoms with Crippen LogP contribution in [0, 0.1) is 0 Å². The summed E-state index contributed by atoms with van der Waals surface area (Å²) in [6.45, 7) is 5.56. The smallest absolute Gasteiger partial charge is 0.266 e. The number of anilines is 1. The van der Waals surface area contributed by atoms with Gasteiger partial charge in [0.2, 0.25) is 5.89 Å². The molecule has 1 aliphatic heterocycles. The standard InChI is InChI=1S/C9H16N4O2/c1-7(6-10)8-11-9(12-15-8)13-2-4-14-5-3-13/h7H,2-6,10H2,1H3. The third-order valence-electron chi connectivity index (χ3n) is 2.50. The van der Waals surface area contributed by atoms with Crippen LogP contribution in [-0.2, 0) is 4.74 Å². The predicted molar refractivity (Wildman–Crippen MR) is 54.8 cm³/mol. The van der Waals surface area contributed by atoms with E-state index in [2.05, 4.69) is 15.0 Å². The van der Waals surface area contributed by atoms with Crippen LogP contribution in [-0.4, -0.2) is 43.0 Å². The van der Waals surface area contributed by atoms with Crippen LogP contribution in [0.5, 0.6) is 0 Å². The van der Waals surface area contributed by atoms with Gasteiger partial charge in [0.15, 0.2) is 0 Å². The third kappa shape index (κ3) is 2.27. The minimum atomic E-state index is 0.118. The van der Waals surface area contributed by atoms with Crippen molar-refractivity contribution < 1.29 is 9.26 Å². The minimum absolute atomic E-state index is 0.118. The molecule has 1 fully saturated rings. The summed E-state index contributed by atoms with van der Waals surface area (Å²) in [6.07, 6.45) is 0. The average Bonchev–Trinajstić information content (AvgIpc) is 2.78. The van der Waals surface area contributed by atoms with Crippen molar-refractivity contribution in [3.05, 3.63) is 5.89 Å². The molecule has 1 saturated heterocycles. The highest BCUT2D eigenvalue weighted by atomic mass is 16.5. The molecule has 2 N–H and O–H groups in total. The van der Waals surface area contributed by atoms with E-state index >= 15 is 0 Å². The molecule has 0 radical (unpaired) electrons. The molecule has 6 nitrogen and oxygen atoms in total. The second kappa shape index (κ2) is 4.59. The highest BCUT2D eigenvalue weighted by Crippen LogP contribution is 2.16. The number of hydrogen-bond donors (Lipinski definition) is 1. The lowest BCUT2D eigenvalue weighted by atomic mass is 10.2. The summed E-state index contributed by atoms with van der Waals surface area (Å²) in [7, 11) is 0. The maximum atomic E-state index is 5.53. The van der Waals surface area contributed by atoms with Gasteiger partial charge in [0.25, 0.3) is 5.95 Å². The van der Waals surface area contributed by atoms with Crippen molar-refractivity contribution in [2.75, 3.05) is 37.7 Å². The third-order valence-corrected chi connectivity index (χ3v) is 2.50. The Kier molecular flexibility index (Phi) is 3.17. The van der Waals surface area contributed by atoms with Crippen LogP contribution in [0.4, 0.5) is 5.95 Å². The second-order valence-electron chi connectivity index (χ2n) is 3.67. The highest BCUT2D eigenvalue weighted by Gasteiger charge is 2.19. The SMILES string of the molecule is CC(CN)c1nc(N2CCOCC2)no1. The van der Waals surface area contributed by atoms with Gasteiger partial charge in [-0.1, -0.05) is 6.92 Å². The number of morpholine rings is 1. The molecular formula is C9H16N4O2. The summed E-state index contributed by atoms with van der Waals surface area (Å²) in [6, 6.07) is 0. The predicted octanol–water partition coefficient (Wildman–Crippen LogP) is -0.0316. The molecule has 0 aromatic carbocycles. The van der Waals surface area contributed by atoms with Crippen molar-refractivity contribution in [2.24, 2.45) is 5.73 Å². The van der Waals surface area contributed by atoms with E-state index in [-0.39, 0.29) is 5.92 Å². The van der Waals surface area contributed by atoms with E-state index in [1.165, 1.54) is 0 Å². The van der Waals surface area contributed by atoms with Gasteiger partial charge in [-0.05, 0) is 5.16 Å². The lowest BCUT2D eigenvalue weighted by molar-refractivity contribution is 0.121. The van der Waals surface area contributed by atoms with Gasteiger partial charge in [0.05, 0.1) is 13.2 Å². The number of nitrogens with zero attached hydrogens (tertiary/aromatic N) is 3. The van der Waals surface area contributed by atoms with Crippen molar-refractivity contribution in [2.45, 2.75) is 12.8 Å². The Balaban J connectivity index is 2.05. The van der Waals surface area contributed by atoms with Gasteiger partial charge in [-0.25, -0.2) is 0 Å². The quantitative estimate of drug-likeness (QED) is 0.758. The minimum Gasteiger partial charge on any atom is -0.378 e. The van der Waals surface area contributed by atoms with Gasteiger partial charge in [0, 0.05) is 25.6 Å². The first kappa shape index (κ1) is 10.4. The van der Waals surface area contributed by atoms with Gasteiger partial charge in [-0.15, -0.1) is 0 Å². The summed E-state index contributed by atoms with van der Waals surface area (Å²) >= 11 is 0. The number of rotatable bonds is 3. The molecule has 15 heavy (non-hydrogen) atoms. The van der Waals surface area contributed by atoms with E-state index in [1.54, 1.807) is 0 Å². The summed E-state index contributed by atoms with van der Waals surface area (Å²) in [5.74, 6) is 1.37. The Morgan fingerprint density at radius 1 is 1.47 bits per heavy atom. The van der Waals surface area contributed by atoms with E-state index in [9.17, 15) is 0 Å². The molecule has 0 amide bonds. The van der Waals surface area contributed by atoms with Crippen molar-refractivity contribution in [1.29, 1.82) is 0 Å². The first-order chi connectivity index (χ1) is 7.31. The number of aromatic nitrogens is 2. The summed E-state index contributed by atoms with van der Waals surface area (Å²) in [5.41, 5.74) is 5.53. The summed E-state index contributed by atoms with van der Waals surface area (Å²) in [4.78, 5) is 6.37. The van der Waals surface area contributed by atoms with Crippen LogP contribution < -0.4 is 10.6 Å². The molecule has 2 rings (SSSR count). The van der Waals surface area contributed by atoms with Crippen LogP contribution >= 0.6 is 0 Å². The molecule has 0 spiro atoms. The van der Waals surface area contributed by atoms with E-state index in [1.807, 2.05) is 6.92 Å². The van der Waals surface area contributed by atoms with Crippen molar-refractivity contribution >= 4 is 5.95 Å². The molecule has 1 aromatic rings. The number of ether oxygens (including phenoxy) is 1. The zero-order chi connectivity index (χ0) is 10.7. The fourth-order valence-electron chi connectivity index (χ4n) is 1.42. The molecular weight excluding hydrogens is 196 g/mol.